The number of rotatable bonds is 3. The largest absolute Gasteiger partial charge is 0.300 e. The third-order valence-electron chi connectivity index (χ3n) is 1.93. The molecule has 3 nitrogen and oxygen atoms in total. The zero-order chi connectivity index (χ0) is 10.7. The Morgan fingerprint density at radius 1 is 1.29 bits per heavy atom. The number of nitrogens with zero attached hydrogens (tertiary/aromatic N) is 1. The van der Waals surface area contributed by atoms with Crippen molar-refractivity contribution < 1.29 is 9.59 Å². The maximum atomic E-state index is 11.5. The third kappa shape index (κ3) is 2.49. The van der Waals surface area contributed by atoms with Crippen LogP contribution in [0.3, 0.4) is 0 Å². The van der Waals surface area contributed by atoms with Crippen molar-refractivity contribution in [3.63, 3.8) is 0 Å². The second kappa shape index (κ2) is 4.13. The van der Waals surface area contributed by atoms with E-state index in [1.54, 1.807) is 19.1 Å². The van der Waals surface area contributed by atoms with E-state index < -0.39 is 0 Å². The Morgan fingerprint density at radius 2 is 1.93 bits per heavy atom. The molecule has 3 heteroatoms. The summed E-state index contributed by atoms with van der Waals surface area (Å²) in [7, 11) is 0. The summed E-state index contributed by atoms with van der Waals surface area (Å²) in [4.78, 5) is 26.5. The van der Waals surface area contributed by atoms with Gasteiger partial charge in [-0.3, -0.25) is 14.6 Å². The number of carbonyl (C=O) groups excluding carboxylic acids is 2. The van der Waals surface area contributed by atoms with Gasteiger partial charge in [-0.2, -0.15) is 0 Å². The van der Waals surface area contributed by atoms with Crippen LogP contribution in [-0.4, -0.2) is 16.6 Å². The van der Waals surface area contributed by atoms with Crippen LogP contribution in [0.1, 0.15) is 35.1 Å². The van der Waals surface area contributed by atoms with E-state index in [2.05, 4.69) is 4.98 Å². The number of aryl methyl sites for hydroxylation is 2. The van der Waals surface area contributed by atoms with Gasteiger partial charge < -0.3 is 0 Å². The maximum absolute atomic E-state index is 11.5. The molecule has 1 aromatic heterocycles. The average Bonchev–Trinajstić information content (AvgIpc) is 2.01. The summed E-state index contributed by atoms with van der Waals surface area (Å²) < 4.78 is 0. The normalized spacial score (nSPS) is 9.93. The van der Waals surface area contributed by atoms with Crippen LogP contribution >= 0.6 is 0 Å². The molecule has 0 unspecified atom stereocenters. The summed E-state index contributed by atoms with van der Waals surface area (Å²) in [6.45, 7) is 5.06. The molecule has 0 amide bonds. The van der Waals surface area contributed by atoms with Crippen LogP contribution in [0.4, 0.5) is 0 Å². The standard InChI is InChI=1S/C11H13NO2/c1-7-4-5-10(9(3)12-7)11(14)6-8(2)13/h4-5H,6H2,1-3H3. The first-order valence-corrected chi connectivity index (χ1v) is 4.47. The van der Waals surface area contributed by atoms with E-state index in [-0.39, 0.29) is 18.0 Å². The predicted octanol–water partition coefficient (Wildman–Crippen LogP) is 1.86. The van der Waals surface area contributed by atoms with Crippen LogP contribution in [-0.2, 0) is 4.79 Å². The molecule has 0 aliphatic rings. The van der Waals surface area contributed by atoms with E-state index in [0.717, 1.165) is 5.69 Å². The minimum Gasteiger partial charge on any atom is -0.300 e. The van der Waals surface area contributed by atoms with Gasteiger partial charge in [0.2, 0.25) is 0 Å². The van der Waals surface area contributed by atoms with E-state index in [4.69, 9.17) is 0 Å². The molecule has 0 saturated carbocycles. The zero-order valence-electron chi connectivity index (χ0n) is 8.63. The molecule has 1 aromatic rings. The van der Waals surface area contributed by atoms with Gasteiger partial charge in [0, 0.05) is 17.0 Å². The van der Waals surface area contributed by atoms with Gasteiger partial charge in [0.1, 0.15) is 5.78 Å². The van der Waals surface area contributed by atoms with E-state index in [1.807, 2.05) is 6.92 Å². The molecular formula is C11H13NO2. The lowest BCUT2D eigenvalue weighted by atomic mass is 10.1. The fourth-order valence-electron chi connectivity index (χ4n) is 1.30. The highest BCUT2D eigenvalue weighted by atomic mass is 16.1. The summed E-state index contributed by atoms with van der Waals surface area (Å²) in [5, 5.41) is 0. The summed E-state index contributed by atoms with van der Waals surface area (Å²) in [5.41, 5.74) is 2.11. The van der Waals surface area contributed by atoms with Gasteiger partial charge >= 0.3 is 0 Å². The highest BCUT2D eigenvalue weighted by Gasteiger charge is 2.11. The van der Waals surface area contributed by atoms with Crippen molar-refractivity contribution in [3.8, 4) is 0 Å². The van der Waals surface area contributed by atoms with Crippen molar-refractivity contribution in [2.45, 2.75) is 27.2 Å². The maximum Gasteiger partial charge on any atom is 0.172 e. The summed E-state index contributed by atoms with van der Waals surface area (Å²) in [5.74, 6) is -0.266. The minimum atomic E-state index is -0.150. The predicted molar refractivity (Wildman–Crippen MR) is 53.3 cm³/mol. The molecule has 14 heavy (non-hydrogen) atoms. The first-order chi connectivity index (χ1) is 6.50. The Morgan fingerprint density at radius 3 is 2.43 bits per heavy atom. The van der Waals surface area contributed by atoms with E-state index in [1.165, 1.54) is 6.92 Å². The Bertz CT molecular complexity index is 383. The van der Waals surface area contributed by atoms with E-state index in [0.29, 0.717) is 11.3 Å². The van der Waals surface area contributed by atoms with Crippen LogP contribution in [0.25, 0.3) is 0 Å². The minimum absolute atomic E-state index is 0.0361. The molecule has 0 atom stereocenters. The van der Waals surface area contributed by atoms with Crippen molar-refractivity contribution >= 4 is 11.6 Å². The molecule has 0 aliphatic heterocycles. The van der Waals surface area contributed by atoms with Crippen molar-refractivity contribution in [3.05, 3.63) is 29.1 Å². The summed E-state index contributed by atoms with van der Waals surface area (Å²) in [6.07, 6.45) is -0.0361. The molecule has 1 rings (SSSR count). The van der Waals surface area contributed by atoms with Crippen molar-refractivity contribution in [1.82, 2.24) is 4.98 Å². The molecule has 0 N–H and O–H groups in total. The van der Waals surface area contributed by atoms with Gasteiger partial charge in [-0.05, 0) is 32.9 Å². The van der Waals surface area contributed by atoms with Crippen LogP contribution in [0.15, 0.2) is 12.1 Å². The van der Waals surface area contributed by atoms with Crippen LogP contribution in [0.5, 0.6) is 0 Å². The second-order valence-corrected chi connectivity index (χ2v) is 3.39. The summed E-state index contributed by atoms with van der Waals surface area (Å²) in [6, 6.07) is 3.50. The topological polar surface area (TPSA) is 47.0 Å². The molecule has 0 saturated heterocycles. The van der Waals surface area contributed by atoms with Gasteiger partial charge in [-0.15, -0.1) is 0 Å². The van der Waals surface area contributed by atoms with E-state index >= 15 is 0 Å². The van der Waals surface area contributed by atoms with Gasteiger partial charge in [0.05, 0.1) is 6.42 Å². The smallest absolute Gasteiger partial charge is 0.172 e. The monoisotopic (exact) mass is 191 g/mol. The second-order valence-electron chi connectivity index (χ2n) is 3.39. The van der Waals surface area contributed by atoms with Gasteiger partial charge in [-0.25, -0.2) is 0 Å². The Labute approximate surface area is 83.2 Å². The number of Topliss-reactive ketones (excluding diaryl/α,β-unsaturated/α-hetero) is 2. The lowest BCUT2D eigenvalue weighted by molar-refractivity contribution is -0.116. The summed E-state index contributed by atoms with van der Waals surface area (Å²) >= 11 is 0. The molecule has 0 aliphatic carbocycles. The number of hydrogen-bond acceptors (Lipinski definition) is 3. The Hall–Kier alpha value is -1.51. The zero-order valence-corrected chi connectivity index (χ0v) is 8.63. The average molecular weight is 191 g/mol. The van der Waals surface area contributed by atoms with Gasteiger partial charge in [0.15, 0.2) is 5.78 Å². The number of carbonyl (C=O) groups is 2. The quantitative estimate of drug-likeness (QED) is 0.541. The van der Waals surface area contributed by atoms with Crippen molar-refractivity contribution in [1.29, 1.82) is 0 Å². The van der Waals surface area contributed by atoms with E-state index in [9.17, 15) is 9.59 Å². The van der Waals surface area contributed by atoms with Gasteiger partial charge in [-0.1, -0.05) is 0 Å². The fourth-order valence-corrected chi connectivity index (χ4v) is 1.30. The number of pyridine rings is 1. The molecule has 1 heterocycles. The molecular weight excluding hydrogens is 178 g/mol. The Kier molecular flexibility index (Phi) is 3.12. The highest BCUT2D eigenvalue weighted by Crippen LogP contribution is 2.09. The van der Waals surface area contributed by atoms with Gasteiger partial charge in [0.25, 0.3) is 0 Å². The third-order valence-corrected chi connectivity index (χ3v) is 1.93. The first kappa shape index (κ1) is 10.6. The lowest BCUT2D eigenvalue weighted by Crippen LogP contribution is -2.08. The lowest BCUT2D eigenvalue weighted by Gasteiger charge is -2.03. The van der Waals surface area contributed by atoms with Crippen LogP contribution < -0.4 is 0 Å². The number of hydrogen-bond donors (Lipinski definition) is 0. The van der Waals surface area contributed by atoms with Crippen molar-refractivity contribution in [2.24, 2.45) is 0 Å². The Balaban J connectivity index is 2.96. The van der Waals surface area contributed by atoms with Crippen LogP contribution in [0.2, 0.25) is 0 Å². The molecule has 0 radical (unpaired) electrons. The molecule has 0 aromatic carbocycles. The SMILES string of the molecule is CC(=O)CC(=O)c1ccc(C)nc1C. The molecule has 74 valence electrons. The molecule has 0 bridgehead atoms. The van der Waals surface area contributed by atoms with Crippen molar-refractivity contribution in [2.75, 3.05) is 0 Å². The molecule has 0 fully saturated rings. The van der Waals surface area contributed by atoms with Crippen LogP contribution in [0, 0.1) is 13.8 Å². The highest BCUT2D eigenvalue weighted by molar-refractivity contribution is 6.07. The number of ketones is 2. The molecule has 0 spiro atoms. The fraction of sp³-hybridized carbons (Fsp3) is 0.364. The number of aromatic nitrogens is 1. The first-order valence-electron chi connectivity index (χ1n) is 4.47.